The van der Waals surface area contributed by atoms with E-state index in [-0.39, 0.29) is 18.4 Å². The summed E-state index contributed by atoms with van der Waals surface area (Å²) in [5.74, 6) is -1.21. The molecule has 0 radical (unpaired) electrons. The van der Waals surface area contributed by atoms with Gasteiger partial charge in [-0.2, -0.15) is 0 Å². The van der Waals surface area contributed by atoms with Crippen molar-refractivity contribution in [1.29, 1.82) is 0 Å². The Balaban J connectivity index is 4.17. The van der Waals surface area contributed by atoms with E-state index in [1.54, 1.807) is 6.92 Å². The van der Waals surface area contributed by atoms with Crippen LogP contribution in [0.1, 0.15) is 20.3 Å². The Morgan fingerprint density at radius 3 is 2.38 bits per heavy atom. The van der Waals surface area contributed by atoms with Crippen LogP contribution >= 0.6 is 0 Å². The van der Waals surface area contributed by atoms with E-state index in [0.29, 0.717) is 0 Å². The molecule has 76 valence electrons. The van der Waals surface area contributed by atoms with Gasteiger partial charge < -0.3 is 15.2 Å². The molecule has 0 aliphatic rings. The van der Waals surface area contributed by atoms with E-state index >= 15 is 0 Å². The molecule has 0 rings (SSSR count). The summed E-state index contributed by atoms with van der Waals surface area (Å²) in [6.45, 7) is 3.06. The number of hydrogen-bond donors (Lipinski definition) is 2. The Kier molecular flexibility index (Phi) is 5.06. The lowest BCUT2D eigenvalue weighted by molar-refractivity contribution is -0.138. The molecule has 13 heavy (non-hydrogen) atoms. The second-order valence-electron chi connectivity index (χ2n) is 2.85. The van der Waals surface area contributed by atoms with Crippen molar-refractivity contribution in [2.45, 2.75) is 32.4 Å². The van der Waals surface area contributed by atoms with Gasteiger partial charge in [0, 0.05) is 14.0 Å². The Labute approximate surface area is 77.1 Å². The molecule has 0 aliphatic heterocycles. The number of amides is 1. The molecule has 0 spiro atoms. The molecule has 1 amide bonds. The zero-order valence-electron chi connectivity index (χ0n) is 8.03. The third kappa shape index (κ3) is 5.19. The van der Waals surface area contributed by atoms with Gasteiger partial charge in [-0.3, -0.25) is 9.59 Å². The van der Waals surface area contributed by atoms with Crippen LogP contribution in [0.2, 0.25) is 0 Å². The first-order valence-corrected chi connectivity index (χ1v) is 3.99. The molecule has 2 N–H and O–H groups in total. The summed E-state index contributed by atoms with van der Waals surface area (Å²) in [6, 6.07) is -0.472. The Morgan fingerprint density at radius 2 is 2.08 bits per heavy atom. The summed E-state index contributed by atoms with van der Waals surface area (Å²) in [5, 5.41) is 11.1. The molecule has 5 nitrogen and oxygen atoms in total. The fourth-order valence-corrected chi connectivity index (χ4v) is 0.948. The summed E-state index contributed by atoms with van der Waals surface area (Å²) in [4.78, 5) is 21.1. The molecular weight excluding hydrogens is 174 g/mol. The van der Waals surface area contributed by atoms with E-state index in [0.717, 1.165) is 0 Å². The minimum atomic E-state index is -0.956. The van der Waals surface area contributed by atoms with Gasteiger partial charge in [-0.15, -0.1) is 0 Å². The molecule has 0 saturated carbocycles. The molecule has 0 aromatic rings. The highest BCUT2D eigenvalue weighted by Crippen LogP contribution is 2.02. The summed E-state index contributed by atoms with van der Waals surface area (Å²) in [6.07, 6.45) is -0.436. The standard InChI is InChI=1S/C8H15NO4/c1-5(13-3)7(4-8(11)12)9-6(2)10/h5,7H,4H2,1-3H3,(H,9,10)(H,11,12). The van der Waals surface area contributed by atoms with Crippen molar-refractivity contribution >= 4 is 11.9 Å². The van der Waals surface area contributed by atoms with Crippen LogP contribution in [0, 0.1) is 0 Å². The Hall–Kier alpha value is -1.10. The van der Waals surface area contributed by atoms with Gasteiger partial charge in [-0.25, -0.2) is 0 Å². The van der Waals surface area contributed by atoms with Gasteiger partial charge in [0.15, 0.2) is 0 Å². The van der Waals surface area contributed by atoms with Crippen LogP contribution in [0.5, 0.6) is 0 Å². The second-order valence-corrected chi connectivity index (χ2v) is 2.85. The van der Waals surface area contributed by atoms with Gasteiger partial charge in [0.1, 0.15) is 0 Å². The molecule has 0 saturated heterocycles. The maximum atomic E-state index is 10.7. The predicted molar refractivity (Wildman–Crippen MR) is 46.3 cm³/mol. The van der Waals surface area contributed by atoms with E-state index in [4.69, 9.17) is 9.84 Å². The second kappa shape index (κ2) is 5.53. The third-order valence-electron chi connectivity index (χ3n) is 1.72. The number of carbonyl (C=O) groups is 2. The van der Waals surface area contributed by atoms with Gasteiger partial charge in [-0.1, -0.05) is 0 Å². The molecule has 2 atom stereocenters. The number of carboxylic acid groups (broad SMARTS) is 1. The number of rotatable bonds is 5. The zero-order chi connectivity index (χ0) is 10.4. The highest BCUT2D eigenvalue weighted by molar-refractivity contribution is 5.75. The maximum absolute atomic E-state index is 10.7. The lowest BCUT2D eigenvalue weighted by Gasteiger charge is -2.21. The van der Waals surface area contributed by atoms with Crippen LogP contribution in [-0.4, -0.2) is 36.2 Å². The average molecular weight is 189 g/mol. The van der Waals surface area contributed by atoms with Gasteiger partial charge >= 0.3 is 5.97 Å². The monoisotopic (exact) mass is 189 g/mol. The fourth-order valence-electron chi connectivity index (χ4n) is 0.948. The molecule has 0 heterocycles. The molecule has 0 aromatic carbocycles. The highest BCUT2D eigenvalue weighted by atomic mass is 16.5. The van der Waals surface area contributed by atoms with Crippen molar-refractivity contribution in [3.63, 3.8) is 0 Å². The lowest BCUT2D eigenvalue weighted by atomic mass is 10.1. The summed E-state index contributed by atoms with van der Waals surface area (Å²) in [5.41, 5.74) is 0. The number of aliphatic carboxylic acids is 1. The van der Waals surface area contributed by atoms with Crippen LogP contribution < -0.4 is 5.32 Å². The van der Waals surface area contributed by atoms with Crippen LogP contribution in [0.25, 0.3) is 0 Å². The number of methoxy groups -OCH3 is 1. The van der Waals surface area contributed by atoms with E-state index < -0.39 is 12.0 Å². The van der Waals surface area contributed by atoms with Crippen molar-refractivity contribution in [3.8, 4) is 0 Å². The normalized spacial score (nSPS) is 14.7. The van der Waals surface area contributed by atoms with Gasteiger partial charge in [0.05, 0.1) is 18.6 Å². The van der Waals surface area contributed by atoms with Crippen molar-refractivity contribution in [1.82, 2.24) is 5.32 Å². The smallest absolute Gasteiger partial charge is 0.305 e. The van der Waals surface area contributed by atoms with Crippen molar-refractivity contribution in [2.75, 3.05) is 7.11 Å². The average Bonchev–Trinajstić information content (AvgIpc) is 2.00. The van der Waals surface area contributed by atoms with Crippen molar-refractivity contribution < 1.29 is 19.4 Å². The van der Waals surface area contributed by atoms with Crippen LogP contribution in [0.4, 0.5) is 0 Å². The number of carboxylic acids is 1. The summed E-state index contributed by atoms with van der Waals surface area (Å²) in [7, 11) is 1.47. The largest absolute Gasteiger partial charge is 0.481 e. The van der Waals surface area contributed by atoms with Crippen LogP contribution in [0.15, 0.2) is 0 Å². The zero-order valence-corrected chi connectivity index (χ0v) is 8.03. The topological polar surface area (TPSA) is 75.6 Å². The van der Waals surface area contributed by atoms with Crippen LogP contribution in [0.3, 0.4) is 0 Å². The van der Waals surface area contributed by atoms with Gasteiger partial charge in [0.2, 0.25) is 5.91 Å². The number of ether oxygens (including phenoxy) is 1. The van der Waals surface area contributed by atoms with E-state index in [9.17, 15) is 9.59 Å². The van der Waals surface area contributed by atoms with Crippen molar-refractivity contribution in [2.24, 2.45) is 0 Å². The first-order valence-electron chi connectivity index (χ1n) is 3.99. The molecule has 0 bridgehead atoms. The third-order valence-corrected chi connectivity index (χ3v) is 1.72. The number of hydrogen-bond acceptors (Lipinski definition) is 3. The van der Waals surface area contributed by atoms with Gasteiger partial charge in [-0.05, 0) is 6.92 Å². The molecule has 0 aromatic heterocycles. The SMILES string of the molecule is COC(C)C(CC(=O)O)NC(C)=O. The van der Waals surface area contributed by atoms with E-state index in [2.05, 4.69) is 5.32 Å². The quantitative estimate of drug-likeness (QED) is 0.638. The molecular formula is C8H15NO4. The summed E-state index contributed by atoms with van der Waals surface area (Å²) < 4.78 is 4.94. The fraction of sp³-hybridized carbons (Fsp3) is 0.750. The molecule has 0 fully saturated rings. The summed E-state index contributed by atoms with van der Waals surface area (Å²) >= 11 is 0. The Bertz CT molecular complexity index is 177. The first kappa shape index (κ1) is 11.9. The van der Waals surface area contributed by atoms with E-state index in [1.165, 1.54) is 14.0 Å². The molecule has 2 unspecified atom stereocenters. The predicted octanol–water partition coefficient (Wildman–Crippen LogP) is 0.000700. The van der Waals surface area contributed by atoms with Crippen LogP contribution in [-0.2, 0) is 14.3 Å². The van der Waals surface area contributed by atoms with E-state index in [1.807, 2.05) is 0 Å². The number of carbonyl (C=O) groups excluding carboxylic acids is 1. The lowest BCUT2D eigenvalue weighted by Crippen LogP contribution is -2.43. The minimum Gasteiger partial charge on any atom is -0.481 e. The molecule has 5 heteroatoms. The number of nitrogens with one attached hydrogen (secondary N) is 1. The van der Waals surface area contributed by atoms with Crippen molar-refractivity contribution in [3.05, 3.63) is 0 Å². The maximum Gasteiger partial charge on any atom is 0.305 e. The highest BCUT2D eigenvalue weighted by Gasteiger charge is 2.20. The minimum absolute atomic E-state index is 0.130. The van der Waals surface area contributed by atoms with Gasteiger partial charge in [0.25, 0.3) is 0 Å². The molecule has 0 aliphatic carbocycles. The Morgan fingerprint density at radius 1 is 1.54 bits per heavy atom. The first-order chi connectivity index (χ1) is 5.97.